The van der Waals surface area contributed by atoms with Crippen molar-refractivity contribution >= 4 is 22.6 Å². The van der Waals surface area contributed by atoms with Crippen LogP contribution in [0.25, 0.3) is 10.8 Å². The standard InChI is InChI=1S/C14H15FN2O3/c1-8(14(18)19)17(2)13-10-7-11(15)12(20-3)6-9(10)4-5-16-13/h4-8H,1-3H3,(H,18,19). The van der Waals surface area contributed by atoms with E-state index < -0.39 is 17.8 Å². The first-order valence-electron chi connectivity index (χ1n) is 6.03. The molecule has 0 aliphatic heterocycles. The second-order valence-corrected chi connectivity index (χ2v) is 4.47. The summed E-state index contributed by atoms with van der Waals surface area (Å²) < 4.78 is 18.8. The number of anilines is 1. The molecular formula is C14H15FN2O3. The lowest BCUT2D eigenvalue weighted by molar-refractivity contribution is -0.138. The van der Waals surface area contributed by atoms with Crippen LogP contribution >= 0.6 is 0 Å². The van der Waals surface area contributed by atoms with Crippen molar-refractivity contribution in [1.82, 2.24) is 4.98 Å². The first-order chi connectivity index (χ1) is 9.45. The minimum Gasteiger partial charge on any atom is -0.494 e. The van der Waals surface area contributed by atoms with E-state index in [9.17, 15) is 9.18 Å². The largest absolute Gasteiger partial charge is 0.494 e. The van der Waals surface area contributed by atoms with Crippen molar-refractivity contribution in [3.05, 3.63) is 30.2 Å². The van der Waals surface area contributed by atoms with Crippen molar-refractivity contribution in [3.63, 3.8) is 0 Å². The van der Waals surface area contributed by atoms with Crippen molar-refractivity contribution < 1.29 is 19.0 Å². The number of aromatic nitrogens is 1. The van der Waals surface area contributed by atoms with Gasteiger partial charge in [-0.05, 0) is 30.5 Å². The summed E-state index contributed by atoms with van der Waals surface area (Å²) in [4.78, 5) is 16.7. The summed E-state index contributed by atoms with van der Waals surface area (Å²) in [7, 11) is 3.01. The minimum atomic E-state index is -0.972. The number of aliphatic carboxylic acids is 1. The van der Waals surface area contributed by atoms with Crippen molar-refractivity contribution in [2.24, 2.45) is 0 Å². The summed E-state index contributed by atoms with van der Waals surface area (Å²) in [5.41, 5.74) is 0. The average molecular weight is 278 g/mol. The summed E-state index contributed by atoms with van der Waals surface area (Å²) in [6.45, 7) is 1.54. The van der Waals surface area contributed by atoms with Gasteiger partial charge in [-0.2, -0.15) is 0 Å². The molecule has 2 aromatic rings. The normalized spacial score (nSPS) is 12.2. The number of carbonyl (C=O) groups is 1. The lowest BCUT2D eigenvalue weighted by atomic mass is 10.1. The van der Waals surface area contributed by atoms with Crippen LogP contribution in [0.2, 0.25) is 0 Å². The maximum absolute atomic E-state index is 13.8. The fraction of sp³-hybridized carbons (Fsp3) is 0.286. The van der Waals surface area contributed by atoms with E-state index in [1.165, 1.54) is 18.1 Å². The third-order valence-corrected chi connectivity index (χ3v) is 3.29. The molecule has 0 amide bonds. The third-order valence-electron chi connectivity index (χ3n) is 3.29. The van der Waals surface area contributed by atoms with Gasteiger partial charge < -0.3 is 14.7 Å². The van der Waals surface area contributed by atoms with Crippen molar-refractivity contribution in [1.29, 1.82) is 0 Å². The molecule has 0 saturated carbocycles. The molecule has 0 spiro atoms. The Balaban J connectivity index is 2.60. The molecule has 106 valence electrons. The quantitative estimate of drug-likeness (QED) is 0.929. The number of benzene rings is 1. The Bertz CT molecular complexity index is 660. The molecule has 1 heterocycles. The second-order valence-electron chi connectivity index (χ2n) is 4.47. The molecule has 2 rings (SSSR count). The average Bonchev–Trinajstić information content (AvgIpc) is 2.44. The minimum absolute atomic E-state index is 0.142. The topological polar surface area (TPSA) is 62.7 Å². The Morgan fingerprint density at radius 1 is 1.50 bits per heavy atom. The number of ether oxygens (including phenoxy) is 1. The van der Waals surface area contributed by atoms with Gasteiger partial charge in [0.25, 0.3) is 0 Å². The molecule has 0 radical (unpaired) electrons. The van der Waals surface area contributed by atoms with Gasteiger partial charge in [0.05, 0.1) is 7.11 Å². The zero-order valence-corrected chi connectivity index (χ0v) is 11.4. The third kappa shape index (κ3) is 2.36. The number of methoxy groups -OCH3 is 1. The monoisotopic (exact) mass is 278 g/mol. The number of pyridine rings is 1. The molecule has 5 nitrogen and oxygen atoms in total. The van der Waals surface area contributed by atoms with E-state index in [0.29, 0.717) is 11.2 Å². The number of carboxylic acid groups (broad SMARTS) is 1. The van der Waals surface area contributed by atoms with E-state index in [0.717, 1.165) is 5.39 Å². The van der Waals surface area contributed by atoms with Crippen LogP contribution in [-0.4, -0.2) is 36.3 Å². The summed E-state index contributed by atoms with van der Waals surface area (Å²) in [6.07, 6.45) is 1.56. The fourth-order valence-electron chi connectivity index (χ4n) is 1.94. The molecule has 20 heavy (non-hydrogen) atoms. The van der Waals surface area contributed by atoms with E-state index in [4.69, 9.17) is 9.84 Å². The maximum atomic E-state index is 13.8. The number of rotatable bonds is 4. The molecule has 1 N–H and O–H groups in total. The highest BCUT2D eigenvalue weighted by Crippen LogP contribution is 2.30. The van der Waals surface area contributed by atoms with Crippen molar-refractivity contribution in [3.8, 4) is 5.75 Å². The van der Waals surface area contributed by atoms with Crippen LogP contribution in [0.1, 0.15) is 6.92 Å². The number of fused-ring (bicyclic) bond motifs is 1. The van der Waals surface area contributed by atoms with Crippen molar-refractivity contribution in [2.45, 2.75) is 13.0 Å². The summed E-state index contributed by atoms with van der Waals surface area (Å²) in [5.74, 6) is -0.923. The SMILES string of the molecule is COc1cc2ccnc(N(C)C(C)C(=O)O)c2cc1F. The van der Waals surface area contributed by atoms with E-state index in [-0.39, 0.29) is 5.75 Å². The van der Waals surface area contributed by atoms with E-state index in [1.54, 1.807) is 32.3 Å². The maximum Gasteiger partial charge on any atom is 0.326 e. The van der Waals surface area contributed by atoms with Crippen LogP contribution in [0.3, 0.4) is 0 Å². The molecule has 6 heteroatoms. The predicted molar refractivity (Wildman–Crippen MR) is 73.8 cm³/mol. The van der Waals surface area contributed by atoms with Gasteiger partial charge in [0.2, 0.25) is 0 Å². The van der Waals surface area contributed by atoms with Gasteiger partial charge in [0.1, 0.15) is 11.9 Å². The first-order valence-corrected chi connectivity index (χ1v) is 6.03. The Kier molecular flexibility index (Phi) is 3.74. The smallest absolute Gasteiger partial charge is 0.326 e. The highest BCUT2D eigenvalue weighted by molar-refractivity contribution is 5.94. The Labute approximate surface area is 115 Å². The van der Waals surface area contributed by atoms with E-state index >= 15 is 0 Å². The van der Waals surface area contributed by atoms with Gasteiger partial charge in [0.15, 0.2) is 11.6 Å². The zero-order chi connectivity index (χ0) is 14.9. The van der Waals surface area contributed by atoms with Gasteiger partial charge >= 0.3 is 5.97 Å². The molecule has 0 aliphatic rings. The van der Waals surface area contributed by atoms with Gasteiger partial charge in [-0.15, -0.1) is 0 Å². The number of hydrogen-bond acceptors (Lipinski definition) is 4. The molecule has 0 aliphatic carbocycles. The highest BCUT2D eigenvalue weighted by atomic mass is 19.1. The fourth-order valence-corrected chi connectivity index (χ4v) is 1.94. The van der Waals surface area contributed by atoms with Crippen LogP contribution < -0.4 is 9.64 Å². The van der Waals surface area contributed by atoms with Crippen molar-refractivity contribution in [2.75, 3.05) is 19.1 Å². The van der Waals surface area contributed by atoms with E-state index in [2.05, 4.69) is 4.98 Å². The molecule has 1 aromatic heterocycles. The van der Waals surface area contributed by atoms with Gasteiger partial charge in [-0.3, -0.25) is 0 Å². The van der Waals surface area contributed by atoms with E-state index in [1.807, 2.05) is 0 Å². The number of hydrogen-bond donors (Lipinski definition) is 1. The lowest BCUT2D eigenvalue weighted by Gasteiger charge is -2.24. The van der Waals surface area contributed by atoms with Crippen LogP contribution in [0.5, 0.6) is 5.75 Å². The summed E-state index contributed by atoms with van der Waals surface area (Å²) >= 11 is 0. The highest BCUT2D eigenvalue weighted by Gasteiger charge is 2.20. The summed E-state index contributed by atoms with van der Waals surface area (Å²) in [6, 6.07) is 3.83. The Hall–Kier alpha value is -2.37. The van der Waals surface area contributed by atoms with Crippen LogP contribution in [0.15, 0.2) is 24.4 Å². The first kappa shape index (κ1) is 14.0. The molecule has 0 saturated heterocycles. The number of carboxylic acids is 1. The van der Waals surface area contributed by atoms with Gasteiger partial charge in [-0.1, -0.05) is 0 Å². The van der Waals surface area contributed by atoms with Crippen LogP contribution in [0, 0.1) is 5.82 Å². The molecule has 1 unspecified atom stereocenters. The predicted octanol–water partition coefficient (Wildman–Crippen LogP) is 2.29. The van der Waals surface area contributed by atoms with Crippen LogP contribution in [0.4, 0.5) is 10.2 Å². The van der Waals surface area contributed by atoms with Crippen LogP contribution in [-0.2, 0) is 4.79 Å². The molecule has 1 atom stereocenters. The molecule has 0 fully saturated rings. The van der Waals surface area contributed by atoms with Gasteiger partial charge in [-0.25, -0.2) is 14.2 Å². The second kappa shape index (κ2) is 5.32. The number of likely N-dealkylation sites (N-methyl/N-ethyl adjacent to an activating group) is 1. The molecule has 1 aromatic carbocycles. The molecule has 0 bridgehead atoms. The number of nitrogens with zero attached hydrogens (tertiary/aromatic N) is 2. The Morgan fingerprint density at radius 2 is 2.20 bits per heavy atom. The Morgan fingerprint density at radius 3 is 2.80 bits per heavy atom. The number of halogens is 1. The lowest BCUT2D eigenvalue weighted by Crippen LogP contribution is -2.36. The zero-order valence-electron chi connectivity index (χ0n) is 11.4. The summed E-state index contributed by atoms with van der Waals surface area (Å²) in [5, 5.41) is 10.3. The molecular weight excluding hydrogens is 263 g/mol. The van der Waals surface area contributed by atoms with Gasteiger partial charge in [0, 0.05) is 18.6 Å².